The van der Waals surface area contributed by atoms with Gasteiger partial charge in [0.05, 0.1) is 0 Å². The molecule has 2 aliphatic heterocycles. The molecule has 7 aromatic rings. The standard InChI is InChI=1S/7C6H5.2C2H5.3CH3.8CH2.7Sn/c7*1-2-4-6-5-3-1;2*1-2;;;;;;;;;;;;;;;;;;/h7*1-5H;2*1H2,2H3;3*1H3;8*1H2;;;;;;;. The number of hydrogen-bond donors (Lipinski definition) is 0. The molecule has 0 radical (unpaired) electrons. The molecule has 64 heavy (non-hydrogen) atoms. The minimum absolute atomic E-state index is 1.45. The van der Waals surface area contributed by atoms with Crippen molar-refractivity contribution < 1.29 is 0 Å². The maximum atomic E-state index is 3.07. The molecule has 0 nitrogen and oxygen atoms in total. The molecule has 0 N–H and O–H groups in total. The van der Waals surface area contributed by atoms with Gasteiger partial charge in [-0.15, -0.1) is 0 Å². The summed E-state index contributed by atoms with van der Waals surface area (Å²) in [6.45, 7) is 5.47. The van der Waals surface area contributed by atoms with Crippen LogP contribution in [0.3, 0.4) is 0 Å². The predicted octanol–water partition coefficient (Wildman–Crippen LogP) is 10.7. The van der Waals surface area contributed by atoms with E-state index in [1.54, 1.807) is 19.6 Å². The second kappa shape index (κ2) is 20.8. The van der Waals surface area contributed by atoms with Crippen LogP contribution in [0.4, 0.5) is 0 Å². The van der Waals surface area contributed by atoms with Gasteiger partial charge in [0.2, 0.25) is 0 Å². The van der Waals surface area contributed by atoms with Crippen molar-refractivity contribution in [1.29, 1.82) is 0 Å². The first-order valence-corrected chi connectivity index (χ1v) is 79.3. The summed E-state index contributed by atoms with van der Waals surface area (Å²) in [6.07, 6.45) is 0. The second-order valence-corrected chi connectivity index (χ2v) is 155. The SMILES string of the molecule is C[CH2][Sn]1([c]2ccccc2)[CH2][Sn]([CH3])([c]2ccccc2)[CH2][Sn]2([c]3ccccc3)[CH2][Sn]([CH3])([c]3ccccc3)[CH2][Sn]([CH3])([c]3ccccc3)[CH2][Sn]([c]3ccccc3)([CH2]2)[CH2][Sn]([CH2]C)([c]2ccccc2)[CH2]1. The summed E-state index contributed by atoms with van der Waals surface area (Å²) >= 11 is -23.2. The fourth-order valence-corrected chi connectivity index (χ4v) is 591. The molecule has 2 heterocycles. The zero-order valence-electron chi connectivity index (χ0n) is 39.3. The van der Waals surface area contributed by atoms with Crippen molar-refractivity contribution in [3.63, 3.8) is 0 Å². The van der Waals surface area contributed by atoms with Crippen LogP contribution < -0.4 is 25.1 Å². The first kappa shape index (κ1) is 49.1. The normalized spacial score (nSPS) is 31.0. The Kier molecular flexibility index (Phi) is 16.0. The van der Waals surface area contributed by atoms with Crippen LogP contribution in [0.15, 0.2) is 212 Å². The molecule has 0 aromatic heterocycles. The molecule has 9 rings (SSSR count). The third kappa shape index (κ3) is 10.0. The van der Waals surface area contributed by atoms with E-state index >= 15 is 0 Å². The molecule has 7 aromatic carbocycles. The van der Waals surface area contributed by atoms with Gasteiger partial charge < -0.3 is 0 Å². The van der Waals surface area contributed by atoms with E-state index < -0.39 is 129 Å². The van der Waals surface area contributed by atoms with Gasteiger partial charge in [-0.1, -0.05) is 0 Å². The topological polar surface area (TPSA) is 0 Å². The van der Waals surface area contributed by atoms with Gasteiger partial charge in [-0.05, 0) is 0 Å². The third-order valence-electron chi connectivity index (χ3n) is 17.0. The molecule has 0 spiro atoms. The Balaban J connectivity index is 1.46. The molecule has 0 aliphatic carbocycles. The first-order valence-electron chi connectivity index (χ1n) is 24.4. The fourth-order valence-electron chi connectivity index (χ4n) is 14.7. The molecule has 2 fully saturated rings. The van der Waals surface area contributed by atoms with E-state index in [4.69, 9.17) is 0 Å². The summed E-state index contributed by atoms with van der Waals surface area (Å²) in [5.74, 6) is 0. The number of rotatable bonds is 9. The summed E-state index contributed by atoms with van der Waals surface area (Å²) in [5.41, 5.74) is 0. The van der Waals surface area contributed by atoms with Gasteiger partial charge >= 0.3 is 423 Å². The molecule has 2 aliphatic rings. The Morgan fingerprint density at radius 2 is 0.500 bits per heavy atom. The van der Waals surface area contributed by atoms with Crippen molar-refractivity contribution in [2.75, 3.05) is 0 Å². The Bertz CT molecular complexity index is 2590. The molecule has 326 valence electrons. The van der Waals surface area contributed by atoms with Crippen molar-refractivity contribution in [2.45, 2.75) is 57.2 Å². The first-order chi connectivity index (χ1) is 31.0. The Hall–Kier alpha value is 0.131. The summed E-state index contributed by atoms with van der Waals surface area (Å²) < 4.78 is 29.5. The summed E-state index contributed by atoms with van der Waals surface area (Å²) in [7, 11) is 0. The van der Waals surface area contributed by atoms with E-state index in [2.05, 4.69) is 241 Å². The Morgan fingerprint density at radius 1 is 0.250 bits per heavy atom. The second-order valence-electron chi connectivity index (χ2n) is 21.5. The van der Waals surface area contributed by atoms with E-state index in [0.717, 1.165) is 0 Å². The molecule has 7 unspecified atom stereocenters. The average Bonchev–Trinajstić information content (AvgIpc) is 3.34. The van der Waals surface area contributed by atoms with Crippen molar-refractivity contribution in [3.8, 4) is 0 Å². The van der Waals surface area contributed by atoms with Gasteiger partial charge in [-0.25, -0.2) is 0 Å². The van der Waals surface area contributed by atoms with Crippen molar-refractivity contribution in [2.24, 2.45) is 0 Å². The van der Waals surface area contributed by atoms with Gasteiger partial charge in [0.15, 0.2) is 0 Å². The molecule has 2 bridgehead atoms. The molecule has 0 saturated carbocycles. The predicted molar refractivity (Wildman–Crippen MR) is 300 cm³/mol. The van der Waals surface area contributed by atoms with Crippen LogP contribution in [0, 0.1) is 0 Å². The minimum atomic E-state index is -3.51. The van der Waals surface area contributed by atoms with Crippen LogP contribution in [-0.2, 0) is 0 Å². The molecule has 0 amide bonds. The number of fused-ring (bicyclic) bond motifs is 2. The van der Waals surface area contributed by atoms with E-state index in [9.17, 15) is 0 Å². The summed E-state index contributed by atoms with van der Waals surface area (Å²) in [4.78, 5) is 9.14. The van der Waals surface area contributed by atoms with Crippen LogP contribution in [0.25, 0.3) is 0 Å². The van der Waals surface area contributed by atoms with Crippen molar-refractivity contribution in [3.05, 3.63) is 212 Å². The van der Waals surface area contributed by atoms with Crippen LogP contribution in [0.5, 0.6) is 0 Å². The molecule has 7 atom stereocenters. The van der Waals surface area contributed by atoms with E-state index in [1.807, 2.05) is 25.1 Å². The average molecular weight is 1590 g/mol. The third-order valence-corrected chi connectivity index (χ3v) is 309. The van der Waals surface area contributed by atoms with E-state index in [1.165, 1.54) is 8.87 Å². The van der Waals surface area contributed by atoms with Gasteiger partial charge in [0.25, 0.3) is 0 Å². The van der Waals surface area contributed by atoms with Gasteiger partial charge in [0, 0.05) is 0 Å². The van der Waals surface area contributed by atoms with Crippen LogP contribution in [-0.4, -0.2) is 129 Å². The van der Waals surface area contributed by atoms with Crippen LogP contribution >= 0.6 is 0 Å². The van der Waals surface area contributed by atoms with E-state index in [-0.39, 0.29) is 0 Å². The van der Waals surface area contributed by atoms with Gasteiger partial charge in [-0.3, -0.25) is 0 Å². The number of hydrogen-bond acceptors (Lipinski definition) is 0. The molecular formula is C57H70Sn7. The monoisotopic (exact) mass is 1590 g/mol. The zero-order valence-corrected chi connectivity index (χ0v) is 59.3. The Morgan fingerprint density at radius 3 is 0.812 bits per heavy atom. The van der Waals surface area contributed by atoms with Gasteiger partial charge in [-0.2, -0.15) is 0 Å². The maximum absolute atomic E-state index is 3.51. The molecular weight excluding hydrogens is 1520 g/mol. The molecule has 7 heteroatoms. The summed E-state index contributed by atoms with van der Waals surface area (Å²) in [6, 6.07) is 88.6. The van der Waals surface area contributed by atoms with Crippen LogP contribution in [0.2, 0.25) is 43.3 Å². The zero-order chi connectivity index (χ0) is 44.4. The molecule has 2 saturated heterocycles. The van der Waals surface area contributed by atoms with E-state index in [0.29, 0.717) is 0 Å². The van der Waals surface area contributed by atoms with Crippen LogP contribution in [0.1, 0.15) is 13.8 Å². The number of benzene rings is 7. The van der Waals surface area contributed by atoms with Crippen molar-refractivity contribution >= 4 is 154 Å². The van der Waals surface area contributed by atoms with Crippen molar-refractivity contribution in [1.82, 2.24) is 0 Å². The quantitative estimate of drug-likeness (QED) is 0.126. The fraction of sp³-hybridized carbons (Fsp3) is 0.263. The Labute approximate surface area is 416 Å². The van der Waals surface area contributed by atoms with Gasteiger partial charge in [0.1, 0.15) is 0 Å². The summed E-state index contributed by atoms with van der Waals surface area (Å²) in [5, 5.41) is 0.